The van der Waals surface area contributed by atoms with Gasteiger partial charge in [-0.15, -0.1) is 0 Å². The molecule has 0 saturated carbocycles. The standard InChI is InChI=1S/C20H38O11/c1-2-3-4-5-6-7-8-28-19-17(27)18(14(24)12(10-22)29-19)31-20-16(26)15(25)13(23)11(9-21)30-20/h11-27H,2-10H2,1H3/t11-,12-,13-,14-,15+,16+,17+,18+,19-,20-/m1/s1. The third kappa shape index (κ3) is 7.02. The van der Waals surface area contributed by atoms with Gasteiger partial charge < -0.3 is 54.7 Å². The maximum Gasteiger partial charge on any atom is 0.187 e. The van der Waals surface area contributed by atoms with Crippen molar-refractivity contribution in [3.8, 4) is 0 Å². The third-order valence-corrected chi connectivity index (χ3v) is 5.74. The number of aliphatic hydroxyl groups excluding tert-OH is 7. The van der Waals surface area contributed by atoms with Crippen LogP contribution in [0.5, 0.6) is 0 Å². The number of rotatable bonds is 12. The summed E-state index contributed by atoms with van der Waals surface area (Å²) in [6.45, 7) is 1.22. The summed E-state index contributed by atoms with van der Waals surface area (Å²) in [7, 11) is 0. The minimum Gasteiger partial charge on any atom is -0.394 e. The number of hydrogen-bond acceptors (Lipinski definition) is 11. The molecule has 0 unspecified atom stereocenters. The Morgan fingerprint density at radius 3 is 1.87 bits per heavy atom. The highest BCUT2D eigenvalue weighted by Gasteiger charge is 2.50. The second kappa shape index (κ2) is 13.3. The molecule has 0 aromatic rings. The maximum absolute atomic E-state index is 10.6. The summed E-state index contributed by atoms with van der Waals surface area (Å²) in [6.07, 6.45) is -8.09. The first-order chi connectivity index (χ1) is 14.8. The SMILES string of the molecule is CCCCCCCCO[C@@H]1O[C@H](CO)[C@@H](O)[C@H](O[C@H]2O[C@H](CO)[C@@H](O)[C@H](O)[C@@H]2O)[C@@H]1O. The van der Waals surface area contributed by atoms with Crippen LogP contribution < -0.4 is 0 Å². The Bertz CT molecular complexity index is 494. The fourth-order valence-corrected chi connectivity index (χ4v) is 3.77. The minimum atomic E-state index is -1.70. The van der Waals surface area contributed by atoms with Gasteiger partial charge in [-0.1, -0.05) is 39.0 Å². The van der Waals surface area contributed by atoms with Crippen molar-refractivity contribution < 1.29 is 54.7 Å². The van der Waals surface area contributed by atoms with Gasteiger partial charge >= 0.3 is 0 Å². The van der Waals surface area contributed by atoms with E-state index in [4.69, 9.17) is 18.9 Å². The monoisotopic (exact) mass is 454 g/mol. The van der Waals surface area contributed by atoms with E-state index in [-0.39, 0.29) is 0 Å². The molecule has 0 aromatic heterocycles. The van der Waals surface area contributed by atoms with Crippen molar-refractivity contribution >= 4 is 0 Å². The highest BCUT2D eigenvalue weighted by Crippen LogP contribution is 2.29. The molecule has 0 aliphatic carbocycles. The molecule has 2 saturated heterocycles. The minimum absolute atomic E-state index is 0.300. The summed E-state index contributed by atoms with van der Waals surface area (Å²) in [5.74, 6) is 0. The van der Waals surface area contributed by atoms with Crippen molar-refractivity contribution in [2.75, 3.05) is 19.8 Å². The van der Waals surface area contributed by atoms with Crippen LogP contribution in [0, 0.1) is 0 Å². The molecule has 184 valence electrons. The summed E-state index contributed by atoms with van der Waals surface area (Å²) in [4.78, 5) is 0. The van der Waals surface area contributed by atoms with E-state index in [9.17, 15) is 35.7 Å². The van der Waals surface area contributed by atoms with Crippen molar-refractivity contribution in [2.45, 2.75) is 107 Å². The molecule has 0 bridgehead atoms. The summed E-state index contributed by atoms with van der Waals surface area (Å²) in [6, 6.07) is 0. The van der Waals surface area contributed by atoms with Gasteiger partial charge in [-0.25, -0.2) is 0 Å². The summed E-state index contributed by atoms with van der Waals surface area (Å²) in [5, 5.41) is 69.8. The average Bonchev–Trinajstić information content (AvgIpc) is 2.77. The first kappa shape index (κ1) is 26.8. The number of ether oxygens (including phenoxy) is 4. The molecule has 2 rings (SSSR count). The Kier molecular flexibility index (Phi) is 11.5. The van der Waals surface area contributed by atoms with Gasteiger partial charge in [0.05, 0.1) is 13.2 Å². The molecule has 0 aromatic carbocycles. The van der Waals surface area contributed by atoms with Gasteiger partial charge in [0.15, 0.2) is 12.6 Å². The van der Waals surface area contributed by atoms with Gasteiger partial charge in [-0.3, -0.25) is 0 Å². The van der Waals surface area contributed by atoms with E-state index in [1.54, 1.807) is 0 Å². The maximum atomic E-state index is 10.6. The second-order valence-corrected chi connectivity index (χ2v) is 8.14. The van der Waals surface area contributed by atoms with E-state index in [1.807, 2.05) is 0 Å². The van der Waals surface area contributed by atoms with E-state index < -0.39 is 74.6 Å². The van der Waals surface area contributed by atoms with Crippen LogP contribution in [-0.2, 0) is 18.9 Å². The zero-order valence-electron chi connectivity index (χ0n) is 17.9. The van der Waals surface area contributed by atoms with Gasteiger partial charge in [0.2, 0.25) is 0 Å². The van der Waals surface area contributed by atoms with Crippen molar-refractivity contribution in [2.24, 2.45) is 0 Å². The Hall–Kier alpha value is -0.440. The Labute approximate surface area is 182 Å². The molecule has 0 spiro atoms. The molecule has 7 N–H and O–H groups in total. The van der Waals surface area contributed by atoms with Gasteiger partial charge in [0, 0.05) is 6.61 Å². The average molecular weight is 455 g/mol. The molecular weight excluding hydrogens is 416 g/mol. The molecule has 0 amide bonds. The van der Waals surface area contributed by atoms with E-state index >= 15 is 0 Å². The molecule has 31 heavy (non-hydrogen) atoms. The highest BCUT2D eigenvalue weighted by molar-refractivity contribution is 4.94. The number of aliphatic hydroxyl groups is 7. The van der Waals surface area contributed by atoms with Crippen LogP contribution in [-0.4, -0.2) is 117 Å². The van der Waals surface area contributed by atoms with Crippen LogP contribution in [0.25, 0.3) is 0 Å². The lowest BCUT2D eigenvalue weighted by atomic mass is 9.97. The van der Waals surface area contributed by atoms with E-state index in [1.165, 1.54) is 6.42 Å². The van der Waals surface area contributed by atoms with Crippen LogP contribution in [0.2, 0.25) is 0 Å². The van der Waals surface area contributed by atoms with Crippen LogP contribution in [0.3, 0.4) is 0 Å². The highest BCUT2D eigenvalue weighted by atomic mass is 16.7. The lowest BCUT2D eigenvalue weighted by molar-refractivity contribution is -0.360. The topological polar surface area (TPSA) is 179 Å². The van der Waals surface area contributed by atoms with Crippen LogP contribution in [0.4, 0.5) is 0 Å². The quantitative estimate of drug-likeness (QED) is 0.162. The first-order valence-electron chi connectivity index (χ1n) is 11.1. The van der Waals surface area contributed by atoms with E-state index in [0.29, 0.717) is 6.61 Å². The molecule has 2 heterocycles. The van der Waals surface area contributed by atoms with Crippen molar-refractivity contribution in [3.63, 3.8) is 0 Å². The fourth-order valence-electron chi connectivity index (χ4n) is 3.77. The van der Waals surface area contributed by atoms with Gasteiger partial charge in [-0.05, 0) is 6.42 Å². The number of unbranched alkanes of at least 4 members (excludes halogenated alkanes) is 5. The van der Waals surface area contributed by atoms with Crippen molar-refractivity contribution in [1.29, 1.82) is 0 Å². The zero-order valence-corrected chi connectivity index (χ0v) is 17.9. The Morgan fingerprint density at radius 1 is 0.645 bits per heavy atom. The molecule has 10 atom stereocenters. The van der Waals surface area contributed by atoms with Gasteiger partial charge in [-0.2, -0.15) is 0 Å². The van der Waals surface area contributed by atoms with Crippen LogP contribution >= 0.6 is 0 Å². The molecule has 2 aliphatic heterocycles. The normalized spacial score (nSPS) is 41.4. The summed E-state index contributed by atoms with van der Waals surface area (Å²) in [5.41, 5.74) is 0. The molecular formula is C20H38O11. The number of hydrogen-bond donors (Lipinski definition) is 7. The molecule has 2 fully saturated rings. The zero-order chi connectivity index (χ0) is 23.0. The van der Waals surface area contributed by atoms with Crippen molar-refractivity contribution in [3.05, 3.63) is 0 Å². The summed E-state index contributed by atoms with van der Waals surface area (Å²) < 4.78 is 21.9. The van der Waals surface area contributed by atoms with E-state index in [0.717, 1.165) is 32.1 Å². The molecule has 11 nitrogen and oxygen atoms in total. The fraction of sp³-hybridized carbons (Fsp3) is 1.00. The predicted molar refractivity (Wildman–Crippen MR) is 106 cm³/mol. The Morgan fingerprint density at radius 2 is 1.23 bits per heavy atom. The summed E-state index contributed by atoms with van der Waals surface area (Å²) >= 11 is 0. The second-order valence-electron chi connectivity index (χ2n) is 8.14. The molecule has 11 heteroatoms. The lowest BCUT2D eigenvalue weighted by Crippen LogP contribution is -2.64. The van der Waals surface area contributed by atoms with Crippen LogP contribution in [0.15, 0.2) is 0 Å². The largest absolute Gasteiger partial charge is 0.394 e. The molecule has 2 aliphatic rings. The first-order valence-corrected chi connectivity index (χ1v) is 11.1. The van der Waals surface area contributed by atoms with Gasteiger partial charge in [0.25, 0.3) is 0 Å². The van der Waals surface area contributed by atoms with Gasteiger partial charge in [0.1, 0.15) is 48.8 Å². The third-order valence-electron chi connectivity index (χ3n) is 5.74. The van der Waals surface area contributed by atoms with E-state index in [2.05, 4.69) is 6.92 Å². The Balaban J connectivity index is 1.95. The smallest absolute Gasteiger partial charge is 0.187 e. The molecule has 0 radical (unpaired) electrons. The predicted octanol–water partition coefficient (Wildman–Crippen LogP) is -2.01. The lowest BCUT2D eigenvalue weighted by Gasteiger charge is -2.45. The van der Waals surface area contributed by atoms with Crippen LogP contribution in [0.1, 0.15) is 45.4 Å². The van der Waals surface area contributed by atoms with Crippen molar-refractivity contribution in [1.82, 2.24) is 0 Å².